The van der Waals surface area contributed by atoms with Crippen LogP contribution in [-0.2, 0) is 19.5 Å². The minimum atomic E-state index is 0. The maximum Gasteiger partial charge on any atom is 0 e. The van der Waals surface area contributed by atoms with Gasteiger partial charge in [-0.1, -0.05) is 52.4 Å². The summed E-state index contributed by atoms with van der Waals surface area (Å²) in [5.74, 6) is 0. The van der Waals surface area contributed by atoms with Crippen molar-refractivity contribution >= 4 is 0 Å². The quantitative estimate of drug-likeness (QED) is 0.386. The SMILES string of the molecule is [CH2]CCCCCCC.[I-].[Zn]. The first-order valence-corrected chi connectivity index (χ1v) is 3.71. The molecular weight excluding hydrogens is 288 g/mol. The summed E-state index contributed by atoms with van der Waals surface area (Å²) in [6.45, 7) is 6.02. The van der Waals surface area contributed by atoms with E-state index >= 15 is 0 Å². The van der Waals surface area contributed by atoms with E-state index in [-0.39, 0.29) is 43.5 Å². The predicted molar refractivity (Wildman–Crippen MR) is 38.7 cm³/mol. The molecule has 0 amide bonds. The number of hydrogen-bond donors (Lipinski definition) is 0. The van der Waals surface area contributed by atoms with E-state index in [1.807, 2.05) is 0 Å². The molecule has 0 atom stereocenters. The van der Waals surface area contributed by atoms with Crippen molar-refractivity contribution < 1.29 is 43.5 Å². The van der Waals surface area contributed by atoms with Crippen LogP contribution in [0.2, 0.25) is 0 Å². The molecule has 0 spiro atoms. The van der Waals surface area contributed by atoms with Gasteiger partial charge in [0.25, 0.3) is 0 Å². The zero-order chi connectivity index (χ0) is 6.24. The number of hydrogen-bond acceptors (Lipinski definition) is 0. The van der Waals surface area contributed by atoms with Gasteiger partial charge in [-0.25, -0.2) is 0 Å². The Morgan fingerprint density at radius 3 is 1.90 bits per heavy atom. The first-order valence-electron chi connectivity index (χ1n) is 3.71. The van der Waals surface area contributed by atoms with E-state index in [4.69, 9.17) is 0 Å². The molecule has 0 saturated heterocycles. The van der Waals surface area contributed by atoms with Gasteiger partial charge in [0.2, 0.25) is 0 Å². The smallest absolute Gasteiger partial charge is 0 e. The van der Waals surface area contributed by atoms with Crippen LogP contribution in [0.1, 0.15) is 45.4 Å². The molecule has 0 aliphatic carbocycles. The Kier molecular flexibility index (Phi) is 29.2. The molecule has 0 aliphatic rings. The van der Waals surface area contributed by atoms with Crippen LogP contribution in [0.3, 0.4) is 0 Å². The van der Waals surface area contributed by atoms with Crippen molar-refractivity contribution in [1.82, 2.24) is 0 Å². The zero-order valence-electron chi connectivity index (χ0n) is 7.03. The van der Waals surface area contributed by atoms with Gasteiger partial charge in [-0.15, -0.1) is 0 Å². The van der Waals surface area contributed by atoms with Crippen LogP contribution in [0.25, 0.3) is 0 Å². The van der Waals surface area contributed by atoms with E-state index in [2.05, 4.69) is 13.8 Å². The molecule has 2 heteroatoms. The van der Waals surface area contributed by atoms with Gasteiger partial charge in [-0.2, -0.15) is 0 Å². The second-order valence-electron chi connectivity index (χ2n) is 2.27. The largest absolute Gasteiger partial charge is 1.00 e. The fourth-order valence-corrected chi connectivity index (χ4v) is 0.780. The molecule has 0 bridgehead atoms. The van der Waals surface area contributed by atoms with Crippen LogP contribution in [0, 0.1) is 6.92 Å². The summed E-state index contributed by atoms with van der Waals surface area (Å²) >= 11 is 0. The molecule has 10 heavy (non-hydrogen) atoms. The molecule has 0 nitrogen and oxygen atoms in total. The van der Waals surface area contributed by atoms with Crippen molar-refractivity contribution in [3.63, 3.8) is 0 Å². The molecule has 0 aromatic heterocycles. The summed E-state index contributed by atoms with van der Waals surface area (Å²) in [6, 6.07) is 0. The summed E-state index contributed by atoms with van der Waals surface area (Å²) in [4.78, 5) is 0. The first-order chi connectivity index (χ1) is 3.91. The van der Waals surface area contributed by atoms with E-state index in [9.17, 15) is 0 Å². The molecule has 0 saturated carbocycles. The molecule has 0 aromatic rings. The van der Waals surface area contributed by atoms with E-state index in [0.717, 1.165) is 6.42 Å². The van der Waals surface area contributed by atoms with Crippen LogP contribution >= 0.6 is 0 Å². The van der Waals surface area contributed by atoms with Crippen molar-refractivity contribution in [2.45, 2.75) is 45.4 Å². The van der Waals surface area contributed by atoms with E-state index in [1.54, 1.807) is 0 Å². The Morgan fingerprint density at radius 2 is 1.50 bits per heavy atom. The fourth-order valence-electron chi connectivity index (χ4n) is 0.780. The summed E-state index contributed by atoms with van der Waals surface area (Å²) in [6.07, 6.45) is 7.98. The van der Waals surface area contributed by atoms with Gasteiger partial charge in [-0.3, -0.25) is 0 Å². The average molecular weight is 306 g/mol. The molecule has 0 aliphatic heterocycles. The van der Waals surface area contributed by atoms with Crippen LogP contribution in [-0.4, -0.2) is 0 Å². The topological polar surface area (TPSA) is 0 Å². The van der Waals surface area contributed by atoms with Crippen LogP contribution < -0.4 is 24.0 Å². The third-order valence-corrected chi connectivity index (χ3v) is 1.35. The summed E-state index contributed by atoms with van der Waals surface area (Å²) in [7, 11) is 0. The second kappa shape index (κ2) is 16.8. The van der Waals surface area contributed by atoms with Crippen molar-refractivity contribution in [3.05, 3.63) is 6.92 Å². The van der Waals surface area contributed by atoms with E-state index in [1.165, 1.54) is 32.1 Å². The third kappa shape index (κ3) is 16.2. The van der Waals surface area contributed by atoms with Gasteiger partial charge in [0.05, 0.1) is 0 Å². The normalized spacial score (nSPS) is 7.80. The summed E-state index contributed by atoms with van der Waals surface area (Å²) < 4.78 is 0. The Morgan fingerprint density at radius 1 is 1.00 bits per heavy atom. The second-order valence-corrected chi connectivity index (χ2v) is 2.27. The number of halogens is 1. The average Bonchev–Trinajstić information content (AvgIpc) is 1.81. The standard InChI is InChI=1S/C8H17.HI.Zn/c1-3-5-7-8-6-4-2;;/h1,3-8H2,2H3;1H;/p-1. The van der Waals surface area contributed by atoms with Gasteiger partial charge >= 0.3 is 0 Å². The zero-order valence-corrected chi connectivity index (χ0v) is 12.2. The Bertz CT molecular complexity index is 34.2. The molecule has 0 rings (SSSR count). The summed E-state index contributed by atoms with van der Waals surface area (Å²) in [5, 5.41) is 0. The van der Waals surface area contributed by atoms with Gasteiger partial charge in [0.15, 0.2) is 0 Å². The van der Waals surface area contributed by atoms with Gasteiger partial charge in [0, 0.05) is 19.5 Å². The minimum Gasteiger partial charge on any atom is -1.00 e. The van der Waals surface area contributed by atoms with Crippen LogP contribution in [0.4, 0.5) is 0 Å². The number of unbranched alkanes of at least 4 members (excludes halogenated alkanes) is 5. The molecule has 0 heterocycles. The first kappa shape index (κ1) is 17.4. The van der Waals surface area contributed by atoms with Crippen molar-refractivity contribution in [2.24, 2.45) is 0 Å². The molecule has 0 aromatic carbocycles. The Hall–Kier alpha value is 1.35. The maximum atomic E-state index is 3.78. The van der Waals surface area contributed by atoms with Crippen molar-refractivity contribution in [3.8, 4) is 0 Å². The predicted octanol–water partition coefficient (Wildman–Crippen LogP) is 0.182. The van der Waals surface area contributed by atoms with Gasteiger partial charge in [0.1, 0.15) is 0 Å². The Balaban J connectivity index is -0.000000245. The fraction of sp³-hybridized carbons (Fsp3) is 0.875. The number of rotatable bonds is 5. The van der Waals surface area contributed by atoms with E-state index in [0.29, 0.717) is 0 Å². The third-order valence-electron chi connectivity index (χ3n) is 1.35. The van der Waals surface area contributed by atoms with Gasteiger partial charge < -0.3 is 24.0 Å². The van der Waals surface area contributed by atoms with Crippen molar-refractivity contribution in [1.29, 1.82) is 0 Å². The molecule has 0 fully saturated rings. The molecule has 0 unspecified atom stereocenters. The van der Waals surface area contributed by atoms with E-state index < -0.39 is 0 Å². The van der Waals surface area contributed by atoms with Gasteiger partial charge in [-0.05, 0) is 0 Å². The van der Waals surface area contributed by atoms with Crippen molar-refractivity contribution in [2.75, 3.05) is 0 Å². The Labute approximate surface area is 95.3 Å². The monoisotopic (exact) mass is 304 g/mol. The molecule has 59 valence electrons. The molecule has 0 N–H and O–H groups in total. The maximum absolute atomic E-state index is 3.78. The van der Waals surface area contributed by atoms with Crippen LogP contribution in [0.15, 0.2) is 0 Å². The minimum absolute atomic E-state index is 0. The molecule has 1 radical (unpaired) electrons. The molecular formula is C8H17IZn-. The summed E-state index contributed by atoms with van der Waals surface area (Å²) in [5.41, 5.74) is 0. The van der Waals surface area contributed by atoms with Crippen LogP contribution in [0.5, 0.6) is 0 Å².